The van der Waals surface area contributed by atoms with Crippen LogP contribution in [0.1, 0.15) is 10.5 Å². The van der Waals surface area contributed by atoms with Crippen LogP contribution in [-0.2, 0) is 0 Å². The Labute approximate surface area is 89.9 Å². The first-order chi connectivity index (χ1) is 7.25. The lowest BCUT2D eigenvalue weighted by Crippen LogP contribution is -2.46. The first kappa shape index (κ1) is 10.4. The van der Waals surface area contributed by atoms with E-state index in [-0.39, 0.29) is 5.78 Å². The molecule has 0 aliphatic carbocycles. The van der Waals surface area contributed by atoms with Crippen molar-refractivity contribution in [3.05, 3.63) is 24.0 Å². The molecule has 1 fully saturated rings. The molecule has 0 radical (unpaired) electrons. The van der Waals surface area contributed by atoms with E-state index in [1.165, 1.54) is 0 Å². The second kappa shape index (κ2) is 4.59. The minimum absolute atomic E-state index is 0.185. The summed E-state index contributed by atoms with van der Waals surface area (Å²) in [6, 6.07) is 3.69. The molecule has 2 heterocycles. The number of aromatic amines is 1. The number of nitrogens with zero attached hydrogens (tertiary/aromatic N) is 2. The summed E-state index contributed by atoms with van der Waals surface area (Å²) >= 11 is 0. The third-order valence-corrected chi connectivity index (χ3v) is 2.86. The maximum absolute atomic E-state index is 11.8. The minimum atomic E-state index is 0.185. The number of likely N-dealkylation sites (N-methyl/N-ethyl adjacent to an activating group) is 1. The molecule has 2 rings (SSSR count). The molecule has 82 valence electrons. The lowest BCUT2D eigenvalue weighted by molar-refractivity contribution is 0.0872. The molecule has 0 amide bonds. The molecule has 1 aromatic rings. The van der Waals surface area contributed by atoms with Crippen molar-refractivity contribution in [2.45, 2.75) is 0 Å². The largest absolute Gasteiger partial charge is 0.359 e. The number of hydrogen-bond donors (Lipinski definition) is 1. The van der Waals surface area contributed by atoms with Crippen molar-refractivity contribution in [3.63, 3.8) is 0 Å². The van der Waals surface area contributed by atoms with Crippen LogP contribution in [0.5, 0.6) is 0 Å². The smallest absolute Gasteiger partial charge is 0.192 e. The maximum Gasteiger partial charge on any atom is 0.192 e. The predicted molar refractivity (Wildman–Crippen MR) is 59.1 cm³/mol. The van der Waals surface area contributed by atoms with Crippen LogP contribution in [0, 0.1) is 0 Å². The standard InChI is InChI=1S/C11H17N3O/c1-13-5-7-14(8-6-13)9-11(15)10-3-2-4-12-10/h2-4,12H,5-9H2,1H3. The van der Waals surface area contributed by atoms with Crippen LogP contribution < -0.4 is 0 Å². The van der Waals surface area contributed by atoms with E-state index in [0.717, 1.165) is 26.2 Å². The van der Waals surface area contributed by atoms with Gasteiger partial charge in [0.1, 0.15) is 0 Å². The van der Waals surface area contributed by atoms with Crippen molar-refractivity contribution < 1.29 is 4.79 Å². The number of piperazine rings is 1. The summed E-state index contributed by atoms with van der Waals surface area (Å²) in [5, 5.41) is 0. The highest BCUT2D eigenvalue weighted by atomic mass is 16.1. The van der Waals surface area contributed by atoms with Gasteiger partial charge in [-0.05, 0) is 19.2 Å². The van der Waals surface area contributed by atoms with E-state index in [2.05, 4.69) is 21.8 Å². The third-order valence-electron chi connectivity index (χ3n) is 2.86. The van der Waals surface area contributed by atoms with Crippen LogP contribution in [0.25, 0.3) is 0 Å². The van der Waals surface area contributed by atoms with E-state index in [1.54, 1.807) is 6.20 Å². The van der Waals surface area contributed by atoms with Crippen LogP contribution in [0.15, 0.2) is 18.3 Å². The molecule has 0 aromatic carbocycles. The Bertz CT molecular complexity index is 313. The molecule has 1 aliphatic heterocycles. The molecular weight excluding hydrogens is 190 g/mol. The Balaban J connectivity index is 1.85. The van der Waals surface area contributed by atoms with Gasteiger partial charge in [0.15, 0.2) is 5.78 Å². The predicted octanol–water partition coefficient (Wildman–Crippen LogP) is 0.445. The molecule has 1 saturated heterocycles. The monoisotopic (exact) mass is 207 g/mol. The number of nitrogens with one attached hydrogen (secondary N) is 1. The first-order valence-electron chi connectivity index (χ1n) is 5.33. The lowest BCUT2D eigenvalue weighted by atomic mass is 10.2. The van der Waals surface area contributed by atoms with Gasteiger partial charge in [-0.25, -0.2) is 0 Å². The molecule has 0 saturated carbocycles. The van der Waals surface area contributed by atoms with Gasteiger partial charge in [-0.2, -0.15) is 0 Å². The molecule has 1 N–H and O–H groups in total. The van der Waals surface area contributed by atoms with Gasteiger partial charge in [0.2, 0.25) is 0 Å². The number of rotatable bonds is 3. The minimum Gasteiger partial charge on any atom is -0.359 e. The Morgan fingerprint density at radius 2 is 2.13 bits per heavy atom. The van der Waals surface area contributed by atoms with Gasteiger partial charge in [0.05, 0.1) is 12.2 Å². The van der Waals surface area contributed by atoms with Gasteiger partial charge in [-0.15, -0.1) is 0 Å². The summed E-state index contributed by atoms with van der Waals surface area (Å²) in [4.78, 5) is 19.2. The molecule has 0 spiro atoms. The molecule has 4 nitrogen and oxygen atoms in total. The average Bonchev–Trinajstić information content (AvgIpc) is 2.74. The Hall–Kier alpha value is -1.13. The number of carbonyl (C=O) groups excluding carboxylic acids is 1. The normalized spacial score (nSPS) is 19.3. The molecule has 0 unspecified atom stereocenters. The summed E-state index contributed by atoms with van der Waals surface area (Å²) < 4.78 is 0. The SMILES string of the molecule is CN1CCN(CC(=O)c2ccc[nH]2)CC1. The third kappa shape index (κ3) is 2.67. The molecule has 0 bridgehead atoms. The molecular formula is C11H17N3O. The van der Waals surface area contributed by atoms with E-state index in [4.69, 9.17) is 0 Å². The van der Waals surface area contributed by atoms with E-state index in [1.807, 2.05) is 12.1 Å². The van der Waals surface area contributed by atoms with Crippen LogP contribution >= 0.6 is 0 Å². The van der Waals surface area contributed by atoms with Gasteiger partial charge >= 0.3 is 0 Å². The Morgan fingerprint density at radius 1 is 1.40 bits per heavy atom. The fourth-order valence-electron chi connectivity index (χ4n) is 1.80. The second-order valence-corrected chi connectivity index (χ2v) is 4.09. The van der Waals surface area contributed by atoms with E-state index >= 15 is 0 Å². The summed E-state index contributed by atoms with van der Waals surface area (Å²) in [5.74, 6) is 0.185. The average molecular weight is 207 g/mol. The fourth-order valence-corrected chi connectivity index (χ4v) is 1.80. The zero-order valence-electron chi connectivity index (χ0n) is 9.07. The van der Waals surface area contributed by atoms with Crippen molar-refractivity contribution in [2.24, 2.45) is 0 Å². The second-order valence-electron chi connectivity index (χ2n) is 4.09. The quantitative estimate of drug-likeness (QED) is 0.731. The highest BCUT2D eigenvalue weighted by molar-refractivity contribution is 5.95. The van der Waals surface area contributed by atoms with Gasteiger partial charge in [0, 0.05) is 32.4 Å². The Morgan fingerprint density at radius 3 is 2.73 bits per heavy atom. The van der Waals surface area contributed by atoms with E-state index < -0.39 is 0 Å². The fraction of sp³-hybridized carbons (Fsp3) is 0.545. The van der Waals surface area contributed by atoms with E-state index in [0.29, 0.717) is 12.2 Å². The van der Waals surface area contributed by atoms with Gasteiger partial charge in [-0.3, -0.25) is 9.69 Å². The van der Waals surface area contributed by atoms with Gasteiger partial charge in [0.25, 0.3) is 0 Å². The zero-order chi connectivity index (χ0) is 10.7. The summed E-state index contributed by atoms with van der Waals surface area (Å²) in [6.07, 6.45) is 1.79. The summed E-state index contributed by atoms with van der Waals surface area (Å²) in [5.41, 5.74) is 0.717. The number of carbonyl (C=O) groups is 1. The van der Waals surface area contributed by atoms with Crippen molar-refractivity contribution in [1.82, 2.24) is 14.8 Å². The molecule has 1 aromatic heterocycles. The van der Waals surface area contributed by atoms with Crippen molar-refractivity contribution in [3.8, 4) is 0 Å². The lowest BCUT2D eigenvalue weighted by Gasteiger charge is -2.31. The summed E-state index contributed by atoms with van der Waals surface area (Å²) in [6.45, 7) is 4.62. The highest BCUT2D eigenvalue weighted by Crippen LogP contribution is 2.02. The molecule has 0 atom stereocenters. The molecule has 15 heavy (non-hydrogen) atoms. The van der Waals surface area contributed by atoms with Crippen molar-refractivity contribution in [2.75, 3.05) is 39.8 Å². The van der Waals surface area contributed by atoms with Crippen LogP contribution in [-0.4, -0.2) is 60.3 Å². The van der Waals surface area contributed by atoms with Crippen LogP contribution in [0.2, 0.25) is 0 Å². The van der Waals surface area contributed by atoms with Crippen molar-refractivity contribution in [1.29, 1.82) is 0 Å². The highest BCUT2D eigenvalue weighted by Gasteiger charge is 2.17. The number of Topliss-reactive ketones (excluding diaryl/α,β-unsaturated/α-hetero) is 1. The van der Waals surface area contributed by atoms with Crippen LogP contribution in [0.3, 0.4) is 0 Å². The van der Waals surface area contributed by atoms with Gasteiger partial charge < -0.3 is 9.88 Å². The number of ketones is 1. The van der Waals surface area contributed by atoms with Gasteiger partial charge in [-0.1, -0.05) is 0 Å². The van der Waals surface area contributed by atoms with E-state index in [9.17, 15) is 4.79 Å². The maximum atomic E-state index is 11.8. The number of hydrogen-bond acceptors (Lipinski definition) is 3. The molecule has 4 heteroatoms. The first-order valence-corrected chi connectivity index (χ1v) is 5.33. The number of H-pyrrole nitrogens is 1. The topological polar surface area (TPSA) is 39.3 Å². The van der Waals surface area contributed by atoms with Crippen molar-refractivity contribution >= 4 is 5.78 Å². The Kier molecular flexibility index (Phi) is 3.18. The molecule has 1 aliphatic rings. The van der Waals surface area contributed by atoms with Crippen LogP contribution in [0.4, 0.5) is 0 Å². The zero-order valence-corrected chi connectivity index (χ0v) is 9.07. The summed E-state index contributed by atoms with van der Waals surface area (Å²) in [7, 11) is 2.12. The number of aromatic nitrogens is 1.